The second kappa shape index (κ2) is 8.18. The van der Waals surface area contributed by atoms with Gasteiger partial charge in [-0.25, -0.2) is 0 Å². The molecule has 2 heterocycles. The van der Waals surface area contributed by atoms with Gasteiger partial charge in [0.1, 0.15) is 18.0 Å². The van der Waals surface area contributed by atoms with Gasteiger partial charge in [-0.3, -0.25) is 9.69 Å². The molecule has 1 aromatic heterocycles. The Morgan fingerprint density at radius 2 is 1.89 bits per heavy atom. The first-order valence-corrected chi connectivity index (χ1v) is 9.31. The fourth-order valence-electron chi connectivity index (χ4n) is 3.33. The molecule has 0 unspecified atom stereocenters. The van der Waals surface area contributed by atoms with Gasteiger partial charge in [0, 0.05) is 18.2 Å². The van der Waals surface area contributed by atoms with Gasteiger partial charge in [0.2, 0.25) is 0 Å². The summed E-state index contributed by atoms with van der Waals surface area (Å²) in [7, 11) is 0. The molecule has 0 N–H and O–H groups in total. The molecular formula is C22H22N2O3. The highest BCUT2D eigenvalue weighted by atomic mass is 16.6. The standard InChI is InChI=1S/C22H22N2O3/c25-20-15-22(18-6-2-1-3-7-18)27-21-9-8-17(14-19(20)21)16-23-26-13-12-24-10-4-5-11-24/h1-3,6-9,14-16H,4-5,10-13H2/b23-16-. The zero-order valence-corrected chi connectivity index (χ0v) is 15.1. The van der Waals surface area contributed by atoms with E-state index in [-0.39, 0.29) is 5.43 Å². The molecule has 1 fully saturated rings. The van der Waals surface area contributed by atoms with E-state index in [2.05, 4.69) is 10.1 Å². The van der Waals surface area contributed by atoms with Crippen molar-refractivity contribution in [2.45, 2.75) is 12.8 Å². The van der Waals surface area contributed by atoms with Crippen LogP contribution in [0.4, 0.5) is 0 Å². The van der Waals surface area contributed by atoms with Crippen molar-refractivity contribution < 1.29 is 9.25 Å². The third-order valence-electron chi connectivity index (χ3n) is 4.78. The highest BCUT2D eigenvalue weighted by molar-refractivity contribution is 5.88. The molecule has 5 nitrogen and oxygen atoms in total. The van der Waals surface area contributed by atoms with E-state index in [1.165, 1.54) is 18.9 Å². The highest BCUT2D eigenvalue weighted by Gasteiger charge is 2.10. The average Bonchev–Trinajstić information content (AvgIpc) is 3.22. The van der Waals surface area contributed by atoms with Crippen molar-refractivity contribution in [3.05, 3.63) is 70.4 Å². The fraction of sp³-hybridized carbons (Fsp3) is 0.273. The van der Waals surface area contributed by atoms with E-state index in [1.54, 1.807) is 18.3 Å². The van der Waals surface area contributed by atoms with Gasteiger partial charge in [-0.05, 0) is 49.7 Å². The van der Waals surface area contributed by atoms with Crippen LogP contribution in [0, 0.1) is 0 Å². The summed E-state index contributed by atoms with van der Waals surface area (Å²) in [4.78, 5) is 20.2. The second-order valence-corrected chi connectivity index (χ2v) is 6.71. The number of fused-ring (bicyclic) bond motifs is 1. The van der Waals surface area contributed by atoms with Crippen molar-refractivity contribution in [2.24, 2.45) is 5.16 Å². The van der Waals surface area contributed by atoms with Crippen molar-refractivity contribution in [3.63, 3.8) is 0 Å². The Morgan fingerprint density at radius 1 is 1.07 bits per heavy atom. The Balaban J connectivity index is 1.46. The van der Waals surface area contributed by atoms with Gasteiger partial charge in [-0.15, -0.1) is 0 Å². The number of oxime groups is 1. The Bertz CT molecular complexity index is 989. The number of likely N-dealkylation sites (tertiary alicyclic amines) is 1. The molecular weight excluding hydrogens is 340 g/mol. The van der Waals surface area contributed by atoms with Gasteiger partial charge < -0.3 is 9.25 Å². The van der Waals surface area contributed by atoms with E-state index in [9.17, 15) is 4.79 Å². The monoisotopic (exact) mass is 362 g/mol. The average molecular weight is 362 g/mol. The molecule has 1 aliphatic rings. The predicted octanol–water partition coefficient (Wildman–Crippen LogP) is 3.91. The minimum Gasteiger partial charge on any atom is -0.456 e. The van der Waals surface area contributed by atoms with Crippen LogP contribution in [0.5, 0.6) is 0 Å². The number of nitrogens with zero attached hydrogens (tertiary/aromatic N) is 2. The van der Waals surface area contributed by atoms with Crippen LogP contribution in [0.1, 0.15) is 18.4 Å². The molecule has 0 bridgehead atoms. The van der Waals surface area contributed by atoms with Crippen LogP contribution in [0.2, 0.25) is 0 Å². The Kier molecular flexibility index (Phi) is 5.30. The zero-order chi connectivity index (χ0) is 18.5. The van der Waals surface area contributed by atoms with E-state index in [1.807, 2.05) is 36.4 Å². The molecule has 1 aliphatic heterocycles. The van der Waals surface area contributed by atoms with Crippen molar-refractivity contribution in [3.8, 4) is 11.3 Å². The summed E-state index contributed by atoms with van der Waals surface area (Å²) in [5, 5.41) is 4.56. The number of benzene rings is 2. The molecule has 4 rings (SSSR count). The molecule has 0 spiro atoms. The van der Waals surface area contributed by atoms with Crippen LogP contribution >= 0.6 is 0 Å². The first-order valence-electron chi connectivity index (χ1n) is 9.31. The number of hydrogen-bond acceptors (Lipinski definition) is 5. The van der Waals surface area contributed by atoms with Crippen molar-refractivity contribution in [1.29, 1.82) is 0 Å². The SMILES string of the molecule is O=c1cc(-c2ccccc2)oc2ccc(/C=N\OCCN3CCCC3)cc12. The summed E-state index contributed by atoms with van der Waals surface area (Å²) in [5.74, 6) is 0.569. The molecule has 1 saturated heterocycles. The highest BCUT2D eigenvalue weighted by Crippen LogP contribution is 2.22. The molecule has 27 heavy (non-hydrogen) atoms. The normalized spacial score (nSPS) is 15.0. The topological polar surface area (TPSA) is 55.0 Å². The maximum absolute atomic E-state index is 12.5. The maximum Gasteiger partial charge on any atom is 0.193 e. The minimum absolute atomic E-state index is 0.0692. The molecule has 138 valence electrons. The van der Waals surface area contributed by atoms with Crippen molar-refractivity contribution >= 4 is 17.2 Å². The lowest BCUT2D eigenvalue weighted by Crippen LogP contribution is -2.23. The summed E-state index contributed by atoms with van der Waals surface area (Å²) < 4.78 is 5.90. The third kappa shape index (κ3) is 4.26. The summed E-state index contributed by atoms with van der Waals surface area (Å²) in [5.41, 5.74) is 2.19. The number of rotatable bonds is 6. The lowest BCUT2D eigenvalue weighted by atomic mass is 10.1. The second-order valence-electron chi connectivity index (χ2n) is 6.71. The van der Waals surface area contributed by atoms with Crippen molar-refractivity contribution in [1.82, 2.24) is 4.90 Å². The Labute approximate surface area is 157 Å². The summed E-state index contributed by atoms with van der Waals surface area (Å²) in [6.07, 6.45) is 4.18. The molecule has 3 aromatic rings. The van der Waals surface area contributed by atoms with Gasteiger partial charge in [-0.1, -0.05) is 35.5 Å². The molecule has 0 amide bonds. The molecule has 2 aromatic carbocycles. The zero-order valence-electron chi connectivity index (χ0n) is 15.1. The largest absolute Gasteiger partial charge is 0.456 e. The van der Waals surface area contributed by atoms with Gasteiger partial charge in [0.25, 0.3) is 0 Å². The van der Waals surface area contributed by atoms with Crippen LogP contribution in [0.3, 0.4) is 0 Å². The number of hydrogen-bond donors (Lipinski definition) is 0. The van der Waals surface area contributed by atoms with Crippen LogP contribution in [0.25, 0.3) is 22.3 Å². The Hall–Kier alpha value is -2.92. The summed E-state index contributed by atoms with van der Waals surface area (Å²) in [6.45, 7) is 3.78. The van der Waals surface area contributed by atoms with E-state index in [0.717, 1.165) is 30.8 Å². The third-order valence-corrected chi connectivity index (χ3v) is 4.78. The smallest absolute Gasteiger partial charge is 0.193 e. The predicted molar refractivity (Wildman–Crippen MR) is 107 cm³/mol. The van der Waals surface area contributed by atoms with Crippen LogP contribution < -0.4 is 5.43 Å². The quantitative estimate of drug-likeness (QED) is 0.379. The molecule has 5 heteroatoms. The van der Waals surface area contributed by atoms with Gasteiger partial charge in [-0.2, -0.15) is 0 Å². The first-order chi connectivity index (χ1) is 13.3. The van der Waals surface area contributed by atoms with Crippen LogP contribution in [-0.4, -0.2) is 37.4 Å². The molecule has 0 aliphatic carbocycles. The van der Waals surface area contributed by atoms with Gasteiger partial charge in [0.15, 0.2) is 5.43 Å². The first kappa shape index (κ1) is 17.5. The van der Waals surface area contributed by atoms with Crippen LogP contribution in [0.15, 0.2) is 69.0 Å². The Morgan fingerprint density at radius 3 is 2.70 bits per heavy atom. The van der Waals surface area contributed by atoms with Gasteiger partial charge in [0.05, 0.1) is 11.6 Å². The maximum atomic E-state index is 12.5. The van der Waals surface area contributed by atoms with Crippen molar-refractivity contribution in [2.75, 3.05) is 26.2 Å². The van der Waals surface area contributed by atoms with E-state index >= 15 is 0 Å². The van der Waals surface area contributed by atoms with E-state index < -0.39 is 0 Å². The lowest BCUT2D eigenvalue weighted by Gasteiger charge is -2.12. The van der Waals surface area contributed by atoms with Gasteiger partial charge >= 0.3 is 0 Å². The lowest BCUT2D eigenvalue weighted by molar-refractivity contribution is 0.120. The minimum atomic E-state index is -0.0692. The van der Waals surface area contributed by atoms with E-state index in [0.29, 0.717) is 23.3 Å². The summed E-state index contributed by atoms with van der Waals surface area (Å²) in [6, 6.07) is 16.6. The molecule has 0 atom stereocenters. The molecule has 0 saturated carbocycles. The van der Waals surface area contributed by atoms with Crippen LogP contribution in [-0.2, 0) is 4.84 Å². The molecule has 0 radical (unpaired) electrons. The summed E-state index contributed by atoms with van der Waals surface area (Å²) >= 11 is 0. The fourth-order valence-corrected chi connectivity index (χ4v) is 3.33. The van der Waals surface area contributed by atoms with E-state index in [4.69, 9.17) is 9.25 Å².